The third-order valence-electron chi connectivity index (χ3n) is 18.3. The van der Waals surface area contributed by atoms with Crippen LogP contribution in [0.2, 0.25) is 0 Å². The summed E-state index contributed by atoms with van der Waals surface area (Å²) in [6, 6.07) is 0. The van der Waals surface area contributed by atoms with Gasteiger partial charge in [0.2, 0.25) is 0 Å². The first-order chi connectivity index (χ1) is 47.0. The van der Waals surface area contributed by atoms with Crippen molar-refractivity contribution in [3.63, 3.8) is 0 Å². The Labute approximate surface area is 594 Å². The zero-order valence-corrected chi connectivity index (χ0v) is 65.0. The van der Waals surface area contributed by atoms with Crippen LogP contribution in [0.5, 0.6) is 0 Å². The Bertz CT molecular complexity index is 1860. The second-order valence-corrected chi connectivity index (χ2v) is 31.5. The van der Waals surface area contributed by atoms with Crippen molar-refractivity contribution in [3.8, 4) is 0 Å². The molecule has 576 valence electrons. The van der Waals surface area contributed by atoms with Crippen LogP contribution in [0.25, 0.3) is 0 Å². The highest BCUT2D eigenvalue weighted by Crippen LogP contribution is 2.45. The van der Waals surface area contributed by atoms with Gasteiger partial charge in [-0.1, -0.05) is 362 Å². The Morgan fingerprint density at radius 2 is 0.474 bits per heavy atom. The average molecular weight is 1420 g/mol. The number of phosphoric acid groups is 2. The monoisotopic (exact) mass is 1420 g/mol. The number of esters is 4. The van der Waals surface area contributed by atoms with Crippen molar-refractivity contribution in [2.75, 3.05) is 39.6 Å². The smallest absolute Gasteiger partial charge is 0.462 e. The second kappa shape index (κ2) is 71.1. The summed E-state index contributed by atoms with van der Waals surface area (Å²) in [6.07, 6.45) is 60.8. The van der Waals surface area contributed by atoms with Crippen LogP contribution >= 0.6 is 15.6 Å². The van der Waals surface area contributed by atoms with Gasteiger partial charge in [-0.15, -0.1) is 0 Å². The molecule has 0 amide bonds. The lowest BCUT2D eigenvalue weighted by Gasteiger charge is -2.21. The highest BCUT2D eigenvalue weighted by Gasteiger charge is 2.30. The van der Waals surface area contributed by atoms with E-state index in [4.69, 9.17) is 37.0 Å². The fourth-order valence-electron chi connectivity index (χ4n) is 12.1. The number of aliphatic hydroxyl groups excluding tert-OH is 1. The van der Waals surface area contributed by atoms with Crippen molar-refractivity contribution < 1.29 is 80.2 Å². The van der Waals surface area contributed by atoms with Crippen molar-refractivity contribution in [2.45, 2.75) is 432 Å². The summed E-state index contributed by atoms with van der Waals surface area (Å²) in [7, 11) is -9.91. The predicted molar refractivity (Wildman–Crippen MR) is 395 cm³/mol. The Morgan fingerprint density at radius 1 is 0.278 bits per heavy atom. The SMILES string of the molecule is CCCCCCCCCCCCCCCCCCC(=O)OC[C@H](COP(=O)(O)OC[C@@H](O)COP(=O)(O)OC[C@@H](COC(=O)CCCCCCCCCCCCCC)OC(=O)CCCCCCCCCCCCCC)OC(=O)CCCCCCCCCCCCCCCCC(C)C. The molecule has 0 aliphatic rings. The van der Waals surface area contributed by atoms with Gasteiger partial charge in [-0.2, -0.15) is 0 Å². The molecule has 0 rings (SSSR count). The van der Waals surface area contributed by atoms with E-state index in [-0.39, 0.29) is 25.7 Å². The van der Waals surface area contributed by atoms with Crippen LogP contribution in [-0.4, -0.2) is 96.7 Å². The first kappa shape index (κ1) is 95.1. The molecule has 19 heteroatoms. The van der Waals surface area contributed by atoms with Crippen LogP contribution in [0.1, 0.15) is 413 Å². The molecule has 0 fully saturated rings. The summed E-state index contributed by atoms with van der Waals surface area (Å²) >= 11 is 0. The van der Waals surface area contributed by atoms with Crippen molar-refractivity contribution in [1.29, 1.82) is 0 Å². The van der Waals surface area contributed by atoms with Crippen LogP contribution < -0.4 is 0 Å². The van der Waals surface area contributed by atoms with Gasteiger partial charge in [-0.25, -0.2) is 9.13 Å². The largest absolute Gasteiger partial charge is 0.472 e. The van der Waals surface area contributed by atoms with E-state index in [2.05, 4.69) is 34.6 Å². The van der Waals surface area contributed by atoms with Gasteiger partial charge in [0, 0.05) is 25.7 Å². The van der Waals surface area contributed by atoms with E-state index < -0.39 is 97.5 Å². The molecule has 2 unspecified atom stereocenters. The number of ether oxygens (including phenoxy) is 4. The van der Waals surface area contributed by atoms with Crippen LogP contribution in [0.4, 0.5) is 0 Å². The summed E-state index contributed by atoms with van der Waals surface area (Å²) in [5, 5.41) is 10.6. The van der Waals surface area contributed by atoms with Crippen LogP contribution in [0.3, 0.4) is 0 Å². The maximum Gasteiger partial charge on any atom is 0.472 e. The molecule has 0 aromatic heterocycles. The zero-order chi connectivity index (χ0) is 71.2. The molecule has 0 aliphatic carbocycles. The molecule has 0 heterocycles. The van der Waals surface area contributed by atoms with E-state index in [9.17, 15) is 43.2 Å². The van der Waals surface area contributed by atoms with Gasteiger partial charge in [0.1, 0.15) is 19.3 Å². The van der Waals surface area contributed by atoms with E-state index in [1.165, 1.54) is 238 Å². The van der Waals surface area contributed by atoms with Gasteiger partial charge in [-0.05, 0) is 31.6 Å². The maximum absolute atomic E-state index is 13.1. The molecule has 3 N–H and O–H groups in total. The molecule has 0 aromatic rings. The van der Waals surface area contributed by atoms with E-state index in [0.29, 0.717) is 25.7 Å². The summed E-state index contributed by atoms with van der Waals surface area (Å²) in [4.78, 5) is 72.9. The molecular formula is C78H152O17P2. The summed E-state index contributed by atoms with van der Waals surface area (Å²) < 4.78 is 68.6. The number of hydrogen-bond acceptors (Lipinski definition) is 15. The highest BCUT2D eigenvalue weighted by molar-refractivity contribution is 7.47. The Balaban J connectivity index is 5.25. The van der Waals surface area contributed by atoms with Crippen molar-refractivity contribution in [2.24, 2.45) is 5.92 Å². The van der Waals surface area contributed by atoms with Crippen molar-refractivity contribution >= 4 is 39.5 Å². The number of rotatable bonds is 78. The summed E-state index contributed by atoms with van der Waals surface area (Å²) in [5.74, 6) is -1.31. The minimum atomic E-state index is -4.96. The molecule has 0 radical (unpaired) electrons. The molecule has 0 saturated heterocycles. The molecule has 0 spiro atoms. The number of aliphatic hydroxyl groups is 1. The van der Waals surface area contributed by atoms with E-state index in [1.807, 2.05) is 0 Å². The first-order valence-corrected chi connectivity index (χ1v) is 43.6. The third-order valence-corrected chi connectivity index (χ3v) is 20.2. The van der Waals surface area contributed by atoms with E-state index in [0.717, 1.165) is 95.8 Å². The average Bonchev–Trinajstić information content (AvgIpc) is 2.27. The second-order valence-electron chi connectivity index (χ2n) is 28.6. The van der Waals surface area contributed by atoms with Gasteiger partial charge in [0.25, 0.3) is 0 Å². The van der Waals surface area contributed by atoms with Crippen LogP contribution in [0.15, 0.2) is 0 Å². The quantitative estimate of drug-likeness (QED) is 0.0222. The van der Waals surface area contributed by atoms with Crippen LogP contribution in [0, 0.1) is 5.92 Å². The molecular weight excluding hydrogens is 1270 g/mol. The maximum atomic E-state index is 13.1. The zero-order valence-electron chi connectivity index (χ0n) is 63.2. The number of carbonyl (C=O) groups excluding carboxylic acids is 4. The fraction of sp³-hybridized carbons (Fsp3) is 0.949. The number of phosphoric ester groups is 2. The first-order valence-electron chi connectivity index (χ1n) is 40.6. The van der Waals surface area contributed by atoms with E-state index in [1.54, 1.807) is 0 Å². The minimum Gasteiger partial charge on any atom is -0.462 e. The molecule has 0 aromatic carbocycles. The lowest BCUT2D eigenvalue weighted by Crippen LogP contribution is -2.30. The summed E-state index contributed by atoms with van der Waals surface area (Å²) in [6.45, 7) is 7.34. The van der Waals surface area contributed by atoms with Gasteiger partial charge >= 0.3 is 39.5 Å². The molecule has 5 atom stereocenters. The third kappa shape index (κ3) is 72.2. The number of hydrogen-bond donors (Lipinski definition) is 3. The molecule has 0 aliphatic heterocycles. The number of unbranched alkanes of at least 4 members (excludes halogenated alkanes) is 50. The standard InChI is InChI=1S/C78H152O17P2/c1-6-9-12-15-18-21-24-27-28-29-33-38-42-47-52-57-62-76(81)89-68-74(95-78(83)64-59-54-49-44-39-34-31-30-32-35-40-45-50-55-60-71(4)5)70-93-97(86,87)91-66-72(79)65-90-96(84,85)92-69-73(94-77(82)63-58-53-48-43-37-26-23-20-17-14-11-8-3)67-88-75(80)61-56-51-46-41-36-25-22-19-16-13-10-7-2/h71-74,79H,6-70H2,1-5H3,(H,84,85)(H,86,87)/t72-,73+,74+/m0/s1. The Morgan fingerprint density at radius 3 is 0.701 bits per heavy atom. The fourth-order valence-corrected chi connectivity index (χ4v) is 13.6. The number of carbonyl (C=O) groups is 4. The molecule has 97 heavy (non-hydrogen) atoms. The van der Waals surface area contributed by atoms with Gasteiger partial charge in [0.15, 0.2) is 12.2 Å². The Kier molecular flexibility index (Phi) is 69.6. The highest BCUT2D eigenvalue weighted by atomic mass is 31.2. The minimum absolute atomic E-state index is 0.108. The molecule has 0 bridgehead atoms. The van der Waals surface area contributed by atoms with E-state index >= 15 is 0 Å². The van der Waals surface area contributed by atoms with Crippen molar-refractivity contribution in [1.82, 2.24) is 0 Å². The molecule has 17 nitrogen and oxygen atoms in total. The normalized spacial score (nSPS) is 13.9. The topological polar surface area (TPSA) is 237 Å². The van der Waals surface area contributed by atoms with Crippen molar-refractivity contribution in [3.05, 3.63) is 0 Å². The van der Waals surface area contributed by atoms with Gasteiger partial charge in [0.05, 0.1) is 26.4 Å². The lowest BCUT2D eigenvalue weighted by molar-refractivity contribution is -0.161. The Hall–Kier alpha value is -1.94. The van der Waals surface area contributed by atoms with Crippen LogP contribution in [-0.2, 0) is 65.4 Å². The van der Waals surface area contributed by atoms with Gasteiger partial charge in [-0.3, -0.25) is 37.3 Å². The lowest BCUT2D eigenvalue weighted by atomic mass is 10.0. The predicted octanol–water partition coefficient (Wildman–Crippen LogP) is 23.3. The summed E-state index contributed by atoms with van der Waals surface area (Å²) in [5.41, 5.74) is 0. The van der Waals surface area contributed by atoms with Gasteiger partial charge < -0.3 is 33.8 Å². The molecule has 0 saturated carbocycles.